The van der Waals surface area contributed by atoms with Gasteiger partial charge in [-0.25, -0.2) is 16.8 Å². The van der Waals surface area contributed by atoms with Crippen LogP contribution in [0.15, 0.2) is 0 Å². The van der Waals surface area contributed by atoms with E-state index in [-0.39, 0.29) is 22.7 Å². The molecule has 2 heterocycles. The molecule has 3 rings (SSSR count). The van der Waals surface area contributed by atoms with Gasteiger partial charge >= 0.3 is 0 Å². The Morgan fingerprint density at radius 2 is 1.59 bits per heavy atom. The average molecular weight is 439 g/mol. The third-order valence-corrected chi connectivity index (χ3v) is 11.2. The Labute approximate surface area is 168 Å². The molecule has 2 saturated heterocycles. The van der Waals surface area contributed by atoms with Crippen LogP contribution in [0.4, 0.5) is 0 Å². The lowest BCUT2D eigenvalue weighted by Gasteiger charge is -2.42. The molecular formula is C18H34N2O4S3. The Hall–Kier alpha value is 0.170. The quantitative estimate of drug-likeness (QED) is 0.650. The van der Waals surface area contributed by atoms with Crippen molar-refractivity contribution in [3.8, 4) is 0 Å². The third-order valence-electron chi connectivity index (χ3n) is 6.55. The Balaban J connectivity index is 1.61. The summed E-state index contributed by atoms with van der Waals surface area (Å²) >= 11 is 2.00. The number of sulfone groups is 2. The van der Waals surface area contributed by atoms with Gasteiger partial charge in [0.2, 0.25) is 0 Å². The highest BCUT2D eigenvalue weighted by Crippen LogP contribution is 2.34. The molecule has 4 atom stereocenters. The van der Waals surface area contributed by atoms with Gasteiger partial charge in [0.05, 0.1) is 16.7 Å². The minimum absolute atomic E-state index is 0.0253. The van der Waals surface area contributed by atoms with Crippen molar-refractivity contribution in [1.82, 2.24) is 10.6 Å². The van der Waals surface area contributed by atoms with E-state index in [1.807, 2.05) is 11.8 Å². The van der Waals surface area contributed by atoms with Gasteiger partial charge in [-0.1, -0.05) is 0 Å². The van der Waals surface area contributed by atoms with E-state index in [2.05, 4.69) is 10.6 Å². The van der Waals surface area contributed by atoms with Crippen molar-refractivity contribution >= 4 is 31.4 Å². The molecule has 0 aromatic heterocycles. The normalized spacial score (nSPS) is 38.7. The summed E-state index contributed by atoms with van der Waals surface area (Å²) in [7, 11) is -6.06. The lowest BCUT2D eigenvalue weighted by molar-refractivity contribution is 0.191. The number of rotatable bonds is 6. The molecule has 4 unspecified atom stereocenters. The third kappa shape index (κ3) is 6.07. The summed E-state index contributed by atoms with van der Waals surface area (Å²) in [6.45, 7) is 0.923. The van der Waals surface area contributed by atoms with Gasteiger partial charge in [0.25, 0.3) is 0 Å². The molecule has 0 spiro atoms. The van der Waals surface area contributed by atoms with Gasteiger partial charge in [0.15, 0.2) is 0 Å². The van der Waals surface area contributed by atoms with Crippen molar-refractivity contribution in [3.05, 3.63) is 0 Å². The zero-order chi connectivity index (χ0) is 19.7. The lowest BCUT2D eigenvalue weighted by atomic mass is 9.80. The van der Waals surface area contributed by atoms with Crippen molar-refractivity contribution in [3.63, 3.8) is 0 Å². The molecule has 0 aromatic rings. The van der Waals surface area contributed by atoms with Gasteiger partial charge < -0.3 is 5.32 Å². The van der Waals surface area contributed by atoms with E-state index in [4.69, 9.17) is 0 Å². The summed E-state index contributed by atoms with van der Waals surface area (Å²) in [4.78, 5) is 0. The van der Waals surface area contributed by atoms with Crippen LogP contribution in [0.5, 0.6) is 0 Å². The molecule has 1 saturated carbocycles. The predicted molar refractivity (Wildman–Crippen MR) is 113 cm³/mol. The molecule has 158 valence electrons. The maximum absolute atomic E-state index is 12.3. The summed E-state index contributed by atoms with van der Waals surface area (Å²) in [5.41, 5.74) is 0. The molecule has 27 heavy (non-hydrogen) atoms. The van der Waals surface area contributed by atoms with Crippen LogP contribution in [-0.4, -0.2) is 69.6 Å². The second kappa shape index (κ2) is 8.90. The van der Waals surface area contributed by atoms with Gasteiger partial charge in [-0.2, -0.15) is 11.8 Å². The van der Waals surface area contributed by atoms with Crippen LogP contribution in [-0.2, 0) is 19.7 Å². The smallest absolute Gasteiger partial charge is 0.150 e. The standard InChI is InChI=1S/C18H34N2O4S3/c1-26(21,22)15-7-5-13(6-8-15)17-10-16(27(2,23)24)11-18(20-17)19-12-14-4-3-9-25-14/h13-20H,3-12H2,1-2H3. The summed E-state index contributed by atoms with van der Waals surface area (Å²) in [6.07, 6.45) is 9.58. The minimum Gasteiger partial charge on any atom is -0.301 e. The van der Waals surface area contributed by atoms with Crippen LogP contribution in [0.25, 0.3) is 0 Å². The van der Waals surface area contributed by atoms with E-state index in [1.165, 1.54) is 31.1 Å². The largest absolute Gasteiger partial charge is 0.301 e. The van der Waals surface area contributed by atoms with E-state index in [0.717, 1.165) is 19.4 Å². The number of hydrogen-bond donors (Lipinski definition) is 2. The molecule has 2 N–H and O–H groups in total. The monoisotopic (exact) mass is 438 g/mol. The van der Waals surface area contributed by atoms with Crippen molar-refractivity contribution in [1.29, 1.82) is 0 Å². The molecule has 0 amide bonds. The Bertz CT molecular complexity index is 696. The topological polar surface area (TPSA) is 92.3 Å². The van der Waals surface area contributed by atoms with Crippen LogP contribution in [0.3, 0.4) is 0 Å². The summed E-state index contributed by atoms with van der Waals surface area (Å²) in [5, 5.41) is 7.34. The molecule has 2 aliphatic heterocycles. The van der Waals surface area contributed by atoms with Crippen molar-refractivity contribution in [2.75, 3.05) is 24.8 Å². The van der Waals surface area contributed by atoms with Crippen molar-refractivity contribution < 1.29 is 16.8 Å². The highest BCUT2D eigenvalue weighted by atomic mass is 32.2. The van der Waals surface area contributed by atoms with Crippen LogP contribution in [0.2, 0.25) is 0 Å². The molecule has 3 fully saturated rings. The molecule has 0 aromatic carbocycles. The SMILES string of the molecule is CS(=O)(=O)C1CCC(C2CC(S(C)(=O)=O)CC(NCC3CCCS3)N2)CC1. The fourth-order valence-electron chi connectivity index (χ4n) is 4.86. The molecule has 0 radical (unpaired) electrons. The fraction of sp³-hybridized carbons (Fsp3) is 1.00. The molecule has 0 bridgehead atoms. The van der Waals surface area contributed by atoms with Gasteiger partial charge in [-0.05, 0) is 63.0 Å². The molecule has 1 aliphatic carbocycles. The second-order valence-electron chi connectivity index (χ2n) is 8.66. The van der Waals surface area contributed by atoms with E-state index < -0.39 is 19.7 Å². The van der Waals surface area contributed by atoms with Crippen LogP contribution in [0, 0.1) is 5.92 Å². The zero-order valence-corrected chi connectivity index (χ0v) is 18.8. The molecule has 6 nitrogen and oxygen atoms in total. The second-order valence-corrected chi connectivity index (χ2v) is 14.7. The summed E-state index contributed by atoms with van der Waals surface area (Å²) < 4.78 is 48.1. The van der Waals surface area contributed by atoms with E-state index in [1.54, 1.807) is 0 Å². The minimum atomic E-state index is -3.08. The maximum atomic E-state index is 12.3. The molecular weight excluding hydrogens is 404 g/mol. The summed E-state index contributed by atoms with van der Waals surface area (Å²) in [6, 6.07) is 0.146. The zero-order valence-electron chi connectivity index (χ0n) is 16.4. The average Bonchev–Trinajstić information content (AvgIpc) is 3.12. The molecule has 9 heteroatoms. The van der Waals surface area contributed by atoms with E-state index in [0.29, 0.717) is 36.9 Å². The van der Waals surface area contributed by atoms with Gasteiger partial charge in [0, 0.05) is 30.3 Å². The van der Waals surface area contributed by atoms with Gasteiger partial charge in [-0.15, -0.1) is 0 Å². The number of hydrogen-bond acceptors (Lipinski definition) is 7. The van der Waals surface area contributed by atoms with E-state index >= 15 is 0 Å². The van der Waals surface area contributed by atoms with Gasteiger partial charge in [0.1, 0.15) is 19.7 Å². The predicted octanol–water partition coefficient (Wildman–Crippen LogP) is 1.57. The first-order chi connectivity index (χ1) is 12.6. The van der Waals surface area contributed by atoms with Gasteiger partial charge in [-0.3, -0.25) is 5.32 Å². The van der Waals surface area contributed by atoms with Crippen molar-refractivity contribution in [2.45, 2.75) is 79.3 Å². The van der Waals surface area contributed by atoms with Crippen LogP contribution < -0.4 is 10.6 Å². The fourth-order valence-corrected chi connectivity index (χ4v) is 8.30. The lowest BCUT2D eigenvalue weighted by Crippen LogP contribution is -2.58. The number of thioether (sulfide) groups is 1. The first-order valence-electron chi connectivity index (χ1n) is 10.1. The first-order valence-corrected chi connectivity index (χ1v) is 15.1. The Morgan fingerprint density at radius 1 is 0.926 bits per heavy atom. The first kappa shape index (κ1) is 21.9. The molecule has 3 aliphatic rings. The number of nitrogens with one attached hydrogen (secondary N) is 2. The maximum Gasteiger partial charge on any atom is 0.150 e. The Morgan fingerprint density at radius 3 is 2.15 bits per heavy atom. The Kier molecular flexibility index (Phi) is 7.21. The van der Waals surface area contributed by atoms with Crippen molar-refractivity contribution in [2.24, 2.45) is 5.92 Å². The van der Waals surface area contributed by atoms with E-state index in [9.17, 15) is 16.8 Å². The number of piperidine rings is 1. The van der Waals surface area contributed by atoms with Crippen LogP contribution in [0.1, 0.15) is 51.4 Å². The summed E-state index contributed by atoms with van der Waals surface area (Å²) in [5.74, 6) is 1.58. The highest BCUT2D eigenvalue weighted by Gasteiger charge is 2.39. The van der Waals surface area contributed by atoms with Crippen LogP contribution >= 0.6 is 11.8 Å². The highest BCUT2D eigenvalue weighted by molar-refractivity contribution is 8.00.